The number of aliphatic hydroxyl groups excluding tert-OH is 2. The molecule has 10 heteroatoms. The molecule has 8 rings (SSSR count). The summed E-state index contributed by atoms with van der Waals surface area (Å²) in [6.45, 7) is 8.64. The molecule has 0 spiro atoms. The van der Waals surface area contributed by atoms with E-state index in [1.807, 2.05) is 60.7 Å². The summed E-state index contributed by atoms with van der Waals surface area (Å²) in [5, 5.41) is 29.0. The van der Waals surface area contributed by atoms with Crippen molar-refractivity contribution in [3.05, 3.63) is 151 Å². The number of allylic oxidation sites excluding steroid dienone is 1. The van der Waals surface area contributed by atoms with Crippen molar-refractivity contribution in [3.63, 3.8) is 0 Å². The number of rotatable bonds is 20. The Morgan fingerprint density at radius 3 is 2.38 bits per heavy atom. The molecule has 0 unspecified atom stereocenters. The quantitative estimate of drug-likeness (QED) is 0.0451. The van der Waals surface area contributed by atoms with Crippen molar-refractivity contribution in [2.45, 2.75) is 75.7 Å². The van der Waals surface area contributed by atoms with Gasteiger partial charge in [-0.15, -0.1) is 13.2 Å². The van der Waals surface area contributed by atoms with Gasteiger partial charge in [0.25, 0.3) is 0 Å². The van der Waals surface area contributed by atoms with Gasteiger partial charge >= 0.3 is 6.09 Å². The van der Waals surface area contributed by atoms with E-state index in [9.17, 15) is 15.0 Å². The van der Waals surface area contributed by atoms with Crippen LogP contribution in [0.3, 0.4) is 0 Å². The highest BCUT2D eigenvalue weighted by atomic mass is 16.7. The van der Waals surface area contributed by atoms with Crippen LogP contribution in [0.4, 0.5) is 4.79 Å². The molecule has 5 aromatic carbocycles. The molecule has 5 aromatic rings. The molecular formula is C54H60N2O8. The Labute approximate surface area is 376 Å². The highest BCUT2D eigenvalue weighted by Gasteiger charge is 2.65. The molecular weight excluding hydrogens is 805 g/mol. The molecule has 1 aliphatic heterocycles. The number of nitrogens with zero attached hydrogens (tertiary/aromatic N) is 2. The van der Waals surface area contributed by atoms with Gasteiger partial charge in [-0.25, -0.2) is 4.79 Å². The molecule has 10 nitrogen and oxygen atoms in total. The van der Waals surface area contributed by atoms with Gasteiger partial charge in [0.15, 0.2) is 0 Å². The summed E-state index contributed by atoms with van der Waals surface area (Å²) in [6.07, 6.45) is 10.7. The number of carbonyl (C=O) groups is 1. The molecule has 64 heavy (non-hydrogen) atoms. The second-order valence-electron chi connectivity index (χ2n) is 17.0. The van der Waals surface area contributed by atoms with Gasteiger partial charge in [-0.1, -0.05) is 109 Å². The van der Waals surface area contributed by atoms with Gasteiger partial charge in [-0.2, -0.15) is 0 Å². The number of hydrogen-bond donors (Lipinski definition) is 2. The average molecular weight is 865 g/mol. The van der Waals surface area contributed by atoms with E-state index >= 15 is 0 Å². The lowest BCUT2D eigenvalue weighted by molar-refractivity contribution is -0.256. The molecule has 0 radical (unpaired) electrons. The van der Waals surface area contributed by atoms with Crippen LogP contribution >= 0.6 is 0 Å². The number of benzene rings is 5. The molecule has 6 atom stereocenters. The van der Waals surface area contributed by atoms with Gasteiger partial charge < -0.3 is 34.0 Å². The summed E-state index contributed by atoms with van der Waals surface area (Å²) in [6, 6.07) is 33.9. The number of fused-ring (bicyclic) bond motifs is 4. The van der Waals surface area contributed by atoms with Crippen LogP contribution in [0.1, 0.15) is 68.4 Å². The molecule has 2 aliphatic carbocycles. The maximum atomic E-state index is 14.8. The van der Waals surface area contributed by atoms with E-state index in [1.165, 1.54) is 0 Å². The molecule has 1 amide bonds. The molecule has 0 aromatic heterocycles. The molecule has 1 saturated carbocycles. The molecule has 3 aliphatic rings. The Kier molecular flexibility index (Phi) is 14.4. The summed E-state index contributed by atoms with van der Waals surface area (Å²) in [5.41, 5.74) is 3.58. The van der Waals surface area contributed by atoms with Crippen molar-refractivity contribution >= 4 is 33.3 Å². The first-order chi connectivity index (χ1) is 31.4. The Hall–Kier alpha value is -5.94. The van der Waals surface area contributed by atoms with E-state index in [4.69, 9.17) is 28.9 Å². The van der Waals surface area contributed by atoms with E-state index in [-0.39, 0.29) is 57.1 Å². The second-order valence-corrected chi connectivity index (χ2v) is 17.0. The molecule has 334 valence electrons. The van der Waals surface area contributed by atoms with Crippen LogP contribution < -0.4 is 9.47 Å². The molecule has 2 N–H and O–H groups in total. The Morgan fingerprint density at radius 2 is 1.59 bits per heavy atom. The van der Waals surface area contributed by atoms with Gasteiger partial charge in [-0.05, 0) is 107 Å². The Morgan fingerprint density at radius 1 is 0.859 bits per heavy atom. The monoisotopic (exact) mass is 864 g/mol. The van der Waals surface area contributed by atoms with Gasteiger partial charge in [-0.3, -0.25) is 4.90 Å². The fourth-order valence-electron chi connectivity index (χ4n) is 10.4. The predicted octanol–water partition coefficient (Wildman–Crippen LogP) is 11.3. The zero-order chi connectivity index (χ0) is 44.5. The minimum absolute atomic E-state index is 0.0536. The topological polar surface area (TPSA) is 119 Å². The van der Waals surface area contributed by atoms with Crippen LogP contribution in [0.2, 0.25) is 0 Å². The van der Waals surface area contributed by atoms with Crippen LogP contribution in [-0.2, 0) is 20.9 Å². The number of ether oxygens (including phenoxy) is 4. The van der Waals surface area contributed by atoms with Crippen molar-refractivity contribution in [3.8, 4) is 17.2 Å². The van der Waals surface area contributed by atoms with Crippen molar-refractivity contribution in [1.29, 1.82) is 0 Å². The van der Waals surface area contributed by atoms with Gasteiger partial charge in [0.2, 0.25) is 5.79 Å². The van der Waals surface area contributed by atoms with Crippen molar-refractivity contribution < 1.29 is 38.8 Å². The van der Waals surface area contributed by atoms with Gasteiger partial charge in [0, 0.05) is 31.1 Å². The second kappa shape index (κ2) is 20.7. The largest absolute Gasteiger partial charge is 0.459 e. The van der Waals surface area contributed by atoms with E-state index in [1.54, 1.807) is 24.2 Å². The van der Waals surface area contributed by atoms with Crippen LogP contribution in [-0.4, -0.2) is 72.3 Å². The number of oxime groups is 1. The Bertz CT molecular complexity index is 2490. The van der Waals surface area contributed by atoms with E-state index in [2.05, 4.69) is 61.7 Å². The highest BCUT2D eigenvalue weighted by molar-refractivity contribution is 6.03. The van der Waals surface area contributed by atoms with E-state index in [0.29, 0.717) is 36.5 Å². The number of carbonyl (C=O) groups excluding carboxylic acids is 1. The zero-order valence-electron chi connectivity index (χ0n) is 36.8. The SMILES string of the molecule is C=CCCOC(=O)N(Cc1cccc2ccccc12)[C@H]1CC(=NOC)C2=C[C@H](CCCCO)[C@@H](CCCCO)[C@@H]3c4cc(Oc5ccc6ccccc6c5)ccc4O[C@@]1(OCC=C)[C@H]23. The van der Waals surface area contributed by atoms with Gasteiger partial charge in [0.1, 0.15) is 30.4 Å². The van der Waals surface area contributed by atoms with Crippen molar-refractivity contribution in [2.24, 2.45) is 22.9 Å². The number of hydrogen-bond acceptors (Lipinski definition) is 9. The first kappa shape index (κ1) is 44.7. The third-order valence-electron chi connectivity index (χ3n) is 13.2. The standard InChI is InChI=1S/C54H60N2O8/c1-4-6-31-61-53(59)56(36-41-21-15-20-38-17-9-10-22-44(38)41)50-35-48(55-60-3)46-33-40(19-11-13-28-57)45(23-12-14-29-58)51-47-34-43(63-42-25-24-37-16-7-8-18-39(37)32-42)26-27-49(47)64-54(50,52(46)51)62-30-5-2/h4-5,7-10,15-18,20-22,24-27,32-34,40,45,50-52,57-58H,1-2,6,11-14,19,23,28-31,35-36H2,3H3/t40-,45+,50-,51+,52+,54+/m0/s1. The van der Waals surface area contributed by atoms with Gasteiger partial charge in [0.05, 0.1) is 31.4 Å². The van der Waals surface area contributed by atoms with E-state index in [0.717, 1.165) is 69.7 Å². The average Bonchev–Trinajstić information content (AvgIpc) is 3.32. The van der Waals surface area contributed by atoms with Crippen molar-refractivity contribution in [2.75, 3.05) is 33.5 Å². The summed E-state index contributed by atoms with van der Waals surface area (Å²) >= 11 is 0. The maximum Gasteiger partial charge on any atom is 0.410 e. The molecule has 0 saturated heterocycles. The van der Waals surface area contributed by atoms with Crippen LogP contribution in [0, 0.1) is 17.8 Å². The summed E-state index contributed by atoms with van der Waals surface area (Å²) in [4.78, 5) is 22.3. The minimum Gasteiger partial charge on any atom is -0.459 e. The minimum atomic E-state index is -1.45. The summed E-state index contributed by atoms with van der Waals surface area (Å²) < 4.78 is 27.3. The smallest absolute Gasteiger partial charge is 0.410 e. The molecule has 0 bridgehead atoms. The van der Waals surface area contributed by atoms with Crippen molar-refractivity contribution in [1.82, 2.24) is 4.90 Å². The Balaban J connectivity index is 1.33. The predicted molar refractivity (Wildman–Crippen MR) is 252 cm³/mol. The number of amides is 1. The maximum absolute atomic E-state index is 14.8. The third kappa shape index (κ3) is 9.18. The third-order valence-corrected chi connectivity index (χ3v) is 13.2. The van der Waals surface area contributed by atoms with Crippen LogP contribution in [0.25, 0.3) is 21.5 Å². The normalized spacial score (nSPS) is 22.8. The number of aliphatic hydroxyl groups is 2. The molecule has 1 fully saturated rings. The summed E-state index contributed by atoms with van der Waals surface area (Å²) in [7, 11) is 1.55. The molecule has 1 heterocycles. The lowest BCUT2D eigenvalue weighted by Gasteiger charge is -2.59. The highest BCUT2D eigenvalue weighted by Crippen LogP contribution is 2.62. The summed E-state index contributed by atoms with van der Waals surface area (Å²) in [5.74, 6) is 0.0260. The van der Waals surface area contributed by atoms with Crippen LogP contribution in [0.15, 0.2) is 145 Å². The lowest BCUT2D eigenvalue weighted by Crippen LogP contribution is -2.70. The fraction of sp³-hybridized carbons (Fsp3) is 0.370. The zero-order valence-corrected chi connectivity index (χ0v) is 36.8. The first-order valence-corrected chi connectivity index (χ1v) is 22.7. The van der Waals surface area contributed by atoms with E-state index < -0.39 is 23.8 Å². The fourth-order valence-corrected chi connectivity index (χ4v) is 10.4. The van der Waals surface area contributed by atoms with Crippen LogP contribution in [0.5, 0.6) is 17.2 Å². The first-order valence-electron chi connectivity index (χ1n) is 22.7. The number of unbranched alkanes of at least 4 members (excludes halogenated alkanes) is 2. The lowest BCUT2D eigenvalue weighted by atomic mass is 9.55.